The standard InChI is InChI=1S/C17H21NO/c1-12-2-4-13(5-3-12)7-9-17(19)18-16-11-14-6-8-15(16)10-14/h2-5,7,9,14-16H,6,8,10-11H2,1H3,(H,18,19)/b9-7+/t14-,15+,16+/m0/s1. The third kappa shape index (κ3) is 2.89. The van der Waals surface area contributed by atoms with Crippen LogP contribution in [0.1, 0.15) is 36.8 Å². The second-order valence-electron chi connectivity index (χ2n) is 6.03. The zero-order valence-corrected chi connectivity index (χ0v) is 11.4. The van der Waals surface area contributed by atoms with Crippen molar-refractivity contribution in [2.75, 3.05) is 0 Å². The number of rotatable bonds is 3. The molecule has 3 atom stereocenters. The number of aryl methyl sites for hydroxylation is 1. The molecule has 2 saturated carbocycles. The minimum atomic E-state index is 0.0538. The van der Waals surface area contributed by atoms with Crippen LogP contribution in [-0.4, -0.2) is 11.9 Å². The van der Waals surface area contributed by atoms with Crippen LogP contribution < -0.4 is 5.32 Å². The number of hydrogen-bond acceptors (Lipinski definition) is 1. The molecule has 0 aliphatic heterocycles. The predicted molar refractivity (Wildman–Crippen MR) is 77.6 cm³/mol. The summed E-state index contributed by atoms with van der Waals surface area (Å²) in [6, 6.07) is 8.63. The number of carbonyl (C=O) groups is 1. The lowest BCUT2D eigenvalue weighted by Crippen LogP contribution is -2.37. The molecule has 2 fully saturated rings. The second kappa shape index (κ2) is 5.20. The van der Waals surface area contributed by atoms with Gasteiger partial charge in [0.25, 0.3) is 0 Å². The minimum Gasteiger partial charge on any atom is -0.350 e. The van der Waals surface area contributed by atoms with E-state index in [9.17, 15) is 4.79 Å². The van der Waals surface area contributed by atoms with Gasteiger partial charge in [-0.25, -0.2) is 0 Å². The highest BCUT2D eigenvalue weighted by Gasteiger charge is 2.39. The van der Waals surface area contributed by atoms with Gasteiger partial charge in [-0.15, -0.1) is 0 Å². The smallest absolute Gasteiger partial charge is 0.244 e. The fourth-order valence-corrected chi connectivity index (χ4v) is 3.50. The fourth-order valence-electron chi connectivity index (χ4n) is 3.50. The average molecular weight is 255 g/mol. The highest BCUT2D eigenvalue weighted by molar-refractivity contribution is 5.91. The molecule has 0 radical (unpaired) electrons. The number of amides is 1. The molecule has 100 valence electrons. The van der Waals surface area contributed by atoms with Gasteiger partial charge in [-0.05, 0) is 49.7 Å². The number of nitrogens with one attached hydrogen (secondary N) is 1. The molecule has 0 unspecified atom stereocenters. The number of fused-ring (bicyclic) bond motifs is 2. The van der Waals surface area contributed by atoms with Gasteiger partial charge in [0.15, 0.2) is 0 Å². The maximum atomic E-state index is 11.9. The first-order chi connectivity index (χ1) is 9.20. The van der Waals surface area contributed by atoms with Crippen molar-refractivity contribution in [3.8, 4) is 0 Å². The first-order valence-corrected chi connectivity index (χ1v) is 7.26. The van der Waals surface area contributed by atoms with Crippen LogP contribution in [0.2, 0.25) is 0 Å². The lowest BCUT2D eigenvalue weighted by atomic mass is 9.95. The largest absolute Gasteiger partial charge is 0.350 e. The topological polar surface area (TPSA) is 29.1 Å². The summed E-state index contributed by atoms with van der Waals surface area (Å²) in [4.78, 5) is 11.9. The first kappa shape index (κ1) is 12.5. The molecule has 2 nitrogen and oxygen atoms in total. The van der Waals surface area contributed by atoms with E-state index in [1.54, 1.807) is 6.08 Å². The summed E-state index contributed by atoms with van der Waals surface area (Å²) in [6.07, 6.45) is 8.74. The van der Waals surface area contributed by atoms with E-state index in [0.29, 0.717) is 6.04 Å². The van der Waals surface area contributed by atoms with Crippen LogP contribution >= 0.6 is 0 Å². The Morgan fingerprint density at radius 2 is 2.00 bits per heavy atom. The lowest BCUT2D eigenvalue weighted by Gasteiger charge is -2.22. The van der Waals surface area contributed by atoms with Crippen LogP contribution in [0.4, 0.5) is 0 Å². The molecule has 3 rings (SSSR count). The highest BCUT2D eigenvalue weighted by atomic mass is 16.1. The van der Waals surface area contributed by atoms with Gasteiger partial charge in [0, 0.05) is 12.1 Å². The minimum absolute atomic E-state index is 0.0538. The van der Waals surface area contributed by atoms with E-state index in [-0.39, 0.29) is 5.91 Å². The zero-order valence-electron chi connectivity index (χ0n) is 11.4. The summed E-state index contributed by atoms with van der Waals surface area (Å²) >= 11 is 0. The SMILES string of the molecule is Cc1ccc(/C=C/C(=O)N[C@@H]2C[C@H]3CC[C@@H]2C3)cc1. The van der Waals surface area contributed by atoms with Gasteiger partial charge in [0.2, 0.25) is 5.91 Å². The molecule has 2 aliphatic rings. The molecule has 0 saturated heterocycles. The van der Waals surface area contributed by atoms with Gasteiger partial charge in [-0.1, -0.05) is 36.2 Å². The van der Waals surface area contributed by atoms with Crippen molar-refractivity contribution in [1.29, 1.82) is 0 Å². The molecule has 0 spiro atoms. The Labute approximate surface area is 114 Å². The zero-order chi connectivity index (χ0) is 13.2. The fraction of sp³-hybridized carbons (Fsp3) is 0.471. The summed E-state index contributed by atoms with van der Waals surface area (Å²) in [5.41, 5.74) is 2.32. The van der Waals surface area contributed by atoms with E-state index >= 15 is 0 Å². The molecular formula is C17H21NO. The molecule has 1 aromatic rings. The number of carbonyl (C=O) groups excluding carboxylic acids is 1. The third-order valence-corrected chi connectivity index (χ3v) is 4.57. The molecule has 0 heterocycles. The molecular weight excluding hydrogens is 234 g/mol. The van der Waals surface area contributed by atoms with Crippen molar-refractivity contribution in [3.05, 3.63) is 41.5 Å². The summed E-state index contributed by atoms with van der Waals surface area (Å²) in [7, 11) is 0. The molecule has 0 aromatic heterocycles. The normalized spacial score (nSPS) is 29.0. The molecule has 19 heavy (non-hydrogen) atoms. The maximum Gasteiger partial charge on any atom is 0.244 e. The van der Waals surface area contributed by atoms with Gasteiger partial charge < -0.3 is 5.32 Å². The van der Waals surface area contributed by atoms with Crippen molar-refractivity contribution in [2.24, 2.45) is 11.8 Å². The van der Waals surface area contributed by atoms with Gasteiger partial charge >= 0.3 is 0 Å². The lowest BCUT2D eigenvalue weighted by molar-refractivity contribution is -0.117. The maximum absolute atomic E-state index is 11.9. The van der Waals surface area contributed by atoms with Gasteiger partial charge in [-0.2, -0.15) is 0 Å². The first-order valence-electron chi connectivity index (χ1n) is 7.26. The Kier molecular flexibility index (Phi) is 3.41. The molecule has 1 N–H and O–H groups in total. The quantitative estimate of drug-likeness (QED) is 0.825. The van der Waals surface area contributed by atoms with Crippen LogP contribution in [0.5, 0.6) is 0 Å². The summed E-state index contributed by atoms with van der Waals surface area (Å²) in [5, 5.41) is 3.17. The highest BCUT2D eigenvalue weighted by Crippen LogP contribution is 2.44. The van der Waals surface area contributed by atoms with Crippen molar-refractivity contribution >= 4 is 12.0 Å². The Hall–Kier alpha value is -1.57. The number of benzene rings is 1. The molecule has 2 heteroatoms. The van der Waals surface area contributed by atoms with E-state index in [0.717, 1.165) is 17.4 Å². The van der Waals surface area contributed by atoms with E-state index < -0.39 is 0 Å². The van der Waals surface area contributed by atoms with Gasteiger partial charge in [-0.3, -0.25) is 4.79 Å². The van der Waals surface area contributed by atoms with Gasteiger partial charge in [0.1, 0.15) is 0 Å². The van der Waals surface area contributed by atoms with Crippen molar-refractivity contribution in [2.45, 2.75) is 38.6 Å². The monoisotopic (exact) mass is 255 g/mol. The van der Waals surface area contributed by atoms with Crippen LogP contribution in [0.25, 0.3) is 6.08 Å². The van der Waals surface area contributed by atoms with Crippen LogP contribution in [0.3, 0.4) is 0 Å². The molecule has 1 amide bonds. The molecule has 1 aromatic carbocycles. The van der Waals surface area contributed by atoms with Crippen molar-refractivity contribution < 1.29 is 4.79 Å². The van der Waals surface area contributed by atoms with E-state index in [1.807, 2.05) is 18.2 Å². The van der Waals surface area contributed by atoms with E-state index in [1.165, 1.54) is 31.2 Å². The van der Waals surface area contributed by atoms with Crippen molar-refractivity contribution in [1.82, 2.24) is 5.32 Å². The van der Waals surface area contributed by atoms with Gasteiger partial charge in [0.05, 0.1) is 0 Å². The number of hydrogen-bond donors (Lipinski definition) is 1. The Balaban J connectivity index is 1.55. The third-order valence-electron chi connectivity index (χ3n) is 4.57. The van der Waals surface area contributed by atoms with Crippen molar-refractivity contribution in [3.63, 3.8) is 0 Å². The van der Waals surface area contributed by atoms with E-state index in [2.05, 4.69) is 24.4 Å². The van der Waals surface area contributed by atoms with Crippen LogP contribution in [0.15, 0.2) is 30.3 Å². The summed E-state index contributed by atoms with van der Waals surface area (Å²) < 4.78 is 0. The Bertz CT molecular complexity index is 488. The Morgan fingerprint density at radius 3 is 2.63 bits per heavy atom. The van der Waals surface area contributed by atoms with E-state index in [4.69, 9.17) is 0 Å². The summed E-state index contributed by atoms with van der Waals surface area (Å²) in [6.45, 7) is 2.06. The van der Waals surface area contributed by atoms with Crippen LogP contribution in [0, 0.1) is 18.8 Å². The molecule has 2 bridgehead atoms. The predicted octanol–water partition coefficient (Wildman–Crippen LogP) is 3.31. The molecule has 2 aliphatic carbocycles. The average Bonchev–Trinajstić information content (AvgIpc) is 3.00. The summed E-state index contributed by atoms with van der Waals surface area (Å²) in [5.74, 6) is 1.66. The Morgan fingerprint density at radius 1 is 1.21 bits per heavy atom. The van der Waals surface area contributed by atoms with Crippen LogP contribution in [-0.2, 0) is 4.79 Å². The second-order valence-corrected chi connectivity index (χ2v) is 6.03.